The van der Waals surface area contributed by atoms with Crippen molar-refractivity contribution in [3.8, 4) is 17.2 Å². The van der Waals surface area contributed by atoms with Crippen LogP contribution in [0.25, 0.3) is 33.1 Å². The number of fused-ring (bicyclic) bond motifs is 2. The van der Waals surface area contributed by atoms with Crippen molar-refractivity contribution in [3.63, 3.8) is 0 Å². The minimum Gasteiger partial charge on any atom is -0.465 e. The quantitative estimate of drug-likeness (QED) is 0.218. The monoisotopic (exact) mass is 600 g/mol. The van der Waals surface area contributed by atoms with Crippen LogP contribution in [-0.2, 0) is 12.6 Å². The summed E-state index contributed by atoms with van der Waals surface area (Å²) in [5.74, 6) is -0.132. The minimum atomic E-state index is -1.23. The molecule has 0 saturated carbocycles. The number of piperidine rings is 1. The van der Waals surface area contributed by atoms with E-state index in [0.29, 0.717) is 39.7 Å². The van der Waals surface area contributed by atoms with Gasteiger partial charge in [0, 0.05) is 54.1 Å². The van der Waals surface area contributed by atoms with Gasteiger partial charge in [-0.1, -0.05) is 56.6 Å². The van der Waals surface area contributed by atoms with Crippen molar-refractivity contribution in [2.24, 2.45) is 12.5 Å². The highest BCUT2D eigenvalue weighted by atomic mass is 35.5. The molecule has 1 saturated heterocycles. The fraction of sp³-hybridized carbons (Fsp3) is 0.323. The Kier molecular flexibility index (Phi) is 6.77. The number of hydrogen-bond donors (Lipinski definition) is 3. The zero-order valence-electron chi connectivity index (χ0n) is 24.1. The number of carboxylic acid groups (broad SMARTS) is 1. The summed E-state index contributed by atoms with van der Waals surface area (Å²) in [6.07, 6.45) is 2.93. The summed E-state index contributed by atoms with van der Waals surface area (Å²) < 4.78 is 16.8. The van der Waals surface area contributed by atoms with Crippen LogP contribution < -0.4 is 10.2 Å². The Hall–Kier alpha value is -4.69. The van der Waals surface area contributed by atoms with Gasteiger partial charge in [-0.15, -0.1) is 0 Å². The summed E-state index contributed by atoms with van der Waals surface area (Å²) in [6.45, 7) is 6.44. The number of carbonyl (C=O) groups is 1. The zero-order valence-corrected chi connectivity index (χ0v) is 24.9. The number of nitrogens with one attached hydrogen (secondary N) is 2. The average Bonchev–Trinajstić information content (AvgIpc) is 3.55. The van der Waals surface area contributed by atoms with Gasteiger partial charge < -0.3 is 20.3 Å². The van der Waals surface area contributed by atoms with Crippen molar-refractivity contribution in [1.29, 1.82) is 5.26 Å². The molecule has 0 radical (unpaired) electrons. The summed E-state index contributed by atoms with van der Waals surface area (Å²) in [7, 11) is 1.83. The number of hydrogen-bond acceptors (Lipinski definition) is 6. The lowest BCUT2D eigenvalue weighted by atomic mass is 9.70. The first-order chi connectivity index (χ1) is 20.4. The predicted octanol–water partition coefficient (Wildman–Crippen LogP) is 6.35. The summed E-state index contributed by atoms with van der Waals surface area (Å²) in [6, 6.07) is 11.9. The van der Waals surface area contributed by atoms with Crippen molar-refractivity contribution >= 4 is 45.6 Å². The molecule has 0 bridgehead atoms. The molecule has 1 amide bonds. The number of rotatable bonds is 4. The second-order valence-corrected chi connectivity index (χ2v) is 12.5. The van der Waals surface area contributed by atoms with Gasteiger partial charge in [0.1, 0.15) is 17.5 Å². The van der Waals surface area contributed by atoms with Gasteiger partial charge in [-0.25, -0.2) is 14.2 Å². The van der Waals surface area contributed by atoms with Crippen molar-refractivity contribution in [3.05, 3.63) is 70.9 Å². The number of aromatic nitrogens is 5. The first-order valence-corrected chi connectivity index (χ1v) is 14.2. The normalized spacial score (nSPS) is 19.1. The van der Waals surface area contributed by atoms with Crippen LogP contribution in [0.4, 0.5) is 15.1 Å². The highest BCUT2D eigenvalue weighted by Crippen LogP contribution is 2.44. The zero-order chi connectivity index (χ0) is 30.7. The van der Waals surface area contributed by atoms with E-state index in [2.05, 4.69) is 21.5 Å². The summed E-state index contributed by atoms with van der Waals surface area (Å²) >= 11 is 6.82. The van der Waals surface area contributed by atoms with E-state index in [1.54, 1.807) is 29.1 Å². The number of nitriles is 1. The molecule has 0 spiro atoms. The number of amides is 1. The Morgan fingerprint density at radius 1 is 1.23 bits per heavy atom. The molecule has 0 aliphatic carbocycles. The lowest BCUT2D eigenvalue weighted by Crippen LogP contribution is -2.60. The molecular formula is C31H30ClFN8O2. The summed E-state index contributed by atoms with van der Waals surface area (Å²) in [4.78, 5) is 26.8. The SMILES string of the molecule is Cn1cc2c(Cl)c(-c3c[nH]c4nc(N5CCC(NC(=O)O)(c6ccccc6F)CC5C(C)(C)C)nc(C#N)c34)ccc2n1. The Balaban J connectivity index is 1.45. The van der Waals surface area contributed by atoms with Crippen molar-refractivity contribution in [2.75, 3.05) is 11.4 Å². The van der Waals surface area contributed by atoms with Crippen LogP contribution in [0.3, 0.4) is 0 Å². The van der Waals surface area contributed by atoms with Crippen LogP contribution >= 0.6 is 11.6 Å². The van der Waals surface area contributed by atoms with Gasteiger partial charge in [-0.3, -0.25) is 4.68 Å². The largest absolute Gasteiger partial charge is 0.465 e. The molecule has 1 aliphatic heterocycles. The molecule has 3 N–H and O–H groups in total. The molecule has 10 nitrogen and oxygen atoms in total. The number of anilines is 1. The molecule has 4 heterocycles. The van der Waals surface area contributed by atoms with Crippen LogP contribution in [0.1, 0.15) is 44.9 Å². The predicted molar refractivity (Wildman–Crippen MR) is 162 cm³/mol. The molecule has 5 aromatic rings. The van der Waals surface area contributed by atoms with E-state index in [1.807, 2.05) is 51.0 Å². The van der Waals surface area contributed by atoms with Crippen molar-refractivity contribution in [1.82, 2.24) is 30.0 Å². The van der Waals surface area contributed by atoms with E-state index in [4.69, 9.17) is 21.6 Å². The van der Waals surface area contributed by atoms with Gasteiger partial charge in [-0.05, 0) is 30.4 Å². The van der Waals surface area contributed by atoms with Crippen molar-refractivity contribution < 1.29 is 14.3 Å². The van der Waals surface area contributed by atoms with Gasteiger partial charge in [0.25, 0.3) is 0 Å². The molecule has 2 aromatic carbocycles. The second-order valence-electron chi connectivity index (χ2n) is 12.1. The van der Waals surface area contributed by atoms with Crippen LogP contribution in [0, 0.1) is 22.6 Å². The highest BCUT2D eigenvalue weighted by molar-refractivity contribution is 6.38. The topological polar surface area (TPSA) is 136 Å². The van der Waals surface area contributed by atoms with Crippen LogP contribution in [0.5, 0.6) is 0 Å². The maximum atomic E-state index is 15.1. The molecule has 2 unspecified atom stereocenters. The van der Waals surface area contributed by atoms with Gasteiger partial charge in [0.05, 0.1) is 21.5 Å². The fourth-order valence-electron chi connectivity index (χ4n) is 6.33. The maximum Gasteiger partial charge on any atom is 0.405 e. The molecule has 1 aliphatic rings. The lowest BCUT2D eigenvalue weighted by Gasteiger charge is -2.51. The van der Waals surface area contributed by atoms with Gasteiger partial charge in [0.15, 0.2) is 5.69 Å². The van der Waals surface area contributed by atoms with Crippen LogP contribution in [0.2, 0.25) is 5.02 Å². The smallest absolute Gasteiger partial charge is 0.405 e. The van der Waals surface area contributed by atoms with Gasteiger partial charge in [0.2, 0.25) is 5.95 Å². The number of aromatic amines is 1. The number of H-pyrrole nitrogens is 1. The molecule has 43 heavy (non-hydrogen) atoms. The Morgan fingerprint density at radius 3 is 2.70 bits per heavy atom. The molecule has 3 aromatic heterocycles. The Labute approximate surface area is 252 Å². The van der Waals surface area contributed by atoms with Crippen molar-refractivity contribution in [2.45, 2.75) is 45.2 Å². The van der Waals surface area contributed by atoms with Crippen LogP contribution in [-0.4, -0.2) is 48.5 Å². The lowest BCUT2D eigenvalue weighted by molar-refractivity contribution is 0.136. The molecular weight excluding hydrogens is 571 g/mol. The number of nitrogens with zero attached hydrogens (tertiary/aromatic N) is 6. The van der Waals surface area contributed by atoms with E-state index < -0.39 is 22.9 Å². The third-order valence-electron chi connectivity index (χ3n) is 8.34. The van der Waals surface area contributed by atoms with E-state index in [-0.39, 0.29) is 24.6 Å². The van der Waals surface area contributed by atoms with E-state index >= 15 is 4.39 Å². The Morgan fingerprint density at radius 2 is 2.00 bits per heavy atom. The third-order valence-corrected chi connectivity index (χ3v) is 8.75. The maximum absolute atomic E-state index is 15.1. The third kappa shape index (κ3) is 4.81. The molecule has 220 valence electrons. The van der Waals surface area contributed by atoms with E-state index in [0.717, 1.165) is 16.5 Å². The minimum absolute atomic E-state index is 0.181. The first kappa shape index (κ1) is 28.4. The molecule has 12 heteroatoms. The number of halogens is 2. The fourth-order valence-corrected chi connectivity index (χ4v) is 6.64. The number of benzene rings is 2. The summed E-state index contributed by atoms with van der Waals surface area (Å²) in [5.41, 5.74) is 1.59. The first-order valence-electron chi connectivity index (χ1n) is 13.9. The molecule has 6 rings (SSSR count). The van der Waals surface area contributed by atoms with E-state index in [9.17, 15) is 15.2 Å². The van der Waals surface area contributed by atoms with Gasteiger partial charge in [-0.2, -0.15) is 15.3 Å². The molecule has 2 atom stereocenters. The van der Waals surface area contributed by atoms with Gasteiger partial charge >= 0.3 is 6.09 Å². The average molecular weight is 601 g/mol. The summed E-state index contributed by atoms with van der Waals surface area (Å²) in [5, 5.41) is 29.0. The van der Waals surface area contributed by atoms with Crippen LogP contribution in [0.15, 0.2) is 48.8 Å². The Bertz CT molecular complexity index is 1940. The highest BCUT2D eigenvalue weighted by Gasteiger charge is 2.48. The second kappa shape index (κ2) is 10.2. The molecule has 1 fully saturated rings. The number of aryl methyl sites for hydroxylation is 1. The standard InChI is InChI=1S/C31H30ClFN8O2/c1-30(2,3)24-13-31(38-29(42)43,20-7-5-6-8-21(20)33)11-12-41(24)28-36-23(14-34)25-18(15-35-27(25)37-28)17-9-10-22-19(26(17)32)16-40(4)39-22/h5-10,15-16,24,38H,11-13H2,1-4H3,(H,42,43)(H,35,36,37). The van der Waals surface area contributed by atoms with E-state index in [1.165, 1.54) is 6.07 Å².